The molecule has 0 radical (unpaired) electrons. The third kappa shape index (κ3) is 2.44. The second-order valence-corrected chi connectivity index (χ2v) is 6.12. The van der Waals surface area contributed by atoms with E-state index in [1.807, 2.05) is 16.5 Å². The molecule has 110 valence electrons. The Morgan fingerprint density at radius 3 is 2.95 bits per heavy atom. The van der Waals surface area contributed by atoms with Gasteiger partial charge in [-0.1, -0.05) is 6.92 Å². The molecule has 0 saturated carbocycles. The summed E-state index contributed by atoms with van der Waals surface area (Å²) in [5, 5.41) is 11.5. The molecule has 3 atom stereocenters. The Kier molecular flexibility index (Phi) is 3.74. The predicted octanol–water partition coefficient (Wildman–Crippen LogP) is 0.519. The fraction of sp³-hybridized carbons (Fsp3) is 0.786. The van der Waals surface area contributed by atoms with Crippen molar-refractivity contribution in [1.82, 2.24) is 25.0 Å². The lowest BCUT2D eigenvalue weighted by molar-refractivity contribution is -0.135. The molecule has 2 saturated heterocycles. The van der Waals surface area contributed by atoms with E-state index < -0.39 is 0 Å². The number of aromatic nitrogens is 3. The molecule has 1 aromatic rings. The summed E-state index contributed by atoms with van der Waals surface area (Å²) in [6.45, 7) is 4.76. The largest absolute Gasteiger partial charge is 0.341 e. The highest BCUT2D eigenvalue weighted by Gasteiger charge is 2.35. The molecule has 1 N–H and O–H groups in total. The number of carbonyl (C=O) groups is 1. The van der Waals surface area contributed by atoms with Crippen LogP contribution in [-0.4, -0.2) is 51.2 Å². The van der Waals surface area contributed by atoms with E-state index in [9.17, 15) is 4.79 Å². The molecule has 1 amide bonds. The Hall–Kier alpha value is -1.43. The molecule has 2 aliphatic rings. The minimum Gasteiger partial charge on any atom is -0.341 e. The summed E-state index contributed by atoms with van der Waals surface area (Å²) in [6.07, 6.45) is 4.96. The summed E-state index contributed by atoms with van der Waals surface area (Å²) in [5.41, 5.74) is 0. The van der Waals surface area contributed by atoms with Crippen LogP contribution in [0.1, 0.15) is 37.9 Å². The van der Waals surface area contributed by atoms with Crippen LogP contribution in [0.2, 0.25) is 0 Å². The van der Waals surface area contributed by atoms with Gasteiger partial charge >= 0.3 is 0 Å². The third-order valence-corrected chi connectivity index (χ3v) is 4.64. The molecule has 3 heterocycles. The van der Waals surface area contributed by atoms with Gasteiger partial charge in [0.1, 0.15) is 12.2 Å². The summed E-state index contributed by atoms with van der Waals surface area (Å²) in [7, 11) is 1.97. The monoisotopic (exact) mass is 277 g/mol. The van der Waals surface area contributed by atoms with Gasteiger partial charge in [-0.25, -0.2) is 0 Å². The van der Waals surface area contributed by atoms with Crippen LogP contribution in [0.3, 0.4) is 0 Å². The van der Waals surface area contributed by atoms with E-state index in [2.05, 4.69) is 22.4 Å². The summed E-state index contributed by atoms with van der Waals surface area (Å²) in [4.78, 5) is 14.6. The first-order chi connectivity index (χ1) is 9.66. The maximum absolute atomic E-state index is 12.6. The van der Waals surface area contributed by atoms with Crippen LogP contribution in [0, 0.1) is 5.92 Å². The summed E-state index contributed by atoms with van der Waals surface area (Å²) in [5.74, 6) is 2.02. The van der Waals surface area contributed by atoms with E-state index in [0.29, 0.717) is 11.8 Å². The SMILES string of the molecule is CC1CCNC1C(=O)N1CCCC(c2nncn2C)C1. The van der Waals surface area contributed by atoms with Crippen molar-refractivity contribution in [2.24, 2.45) is 13.0 Å². The number of aryl methyl sites for hydroxylation is 1. The predicted molar refractivity (Wildman–Crippen MR) is 75.1 cm³/mol. The average molecular weight is 277 g/mol. The van der Waals surface area contributed by atoms with Gasteiger partial charge in [0.25, 0.3) is 0 Å². The number of nitrogens with zero attached hydrogens (tertiary/aromatic N) is 4. The lowest BCUT2D eigenvalue weighted by Gasteiger charge is -2.34. The van der Waals surface area contributed by atoms with E-state index in [1.54, 1.807) is 6.33 Å². The van der Waals surface area contributed by atoms with E-state index in [0.717, 1.165) is 44.7 Å². The third-order valence-electron chi connectivity index (χ3n) is 4.64. The first-order valence-corrected chi connectivity index (χ1v) is 7.53. The van der Waals surface area contributed by atoms with E-state index >= 15 is 0 Å². The van der Waals surface area contributed by atoms with Crippen LogP contribution in [-0.2, 0) is 11.8 Å². The van der Waals surface area contributed by atoms with Crippen molar-refractivity contribution in [2.75, 3.05) is 19.6 Å². The zero-order valence-corrected chi connectivity index (χ0v) is 12.2. The maximum Gasteiger partial charge on any atom is 0.240 e. The van der Waals surface area contributed by atoms with Crippen LogP contribution in [0.25, 0.3) is 0 Å². The zero-order valence-electron chi connectivity index (χ0n) is 12.2. The molecule has 1 aromatic heterocycles. The van der Waals surface area contributed by atoms with Crippen LogP contribution in [0.15, 0.2) is 6.33 Å². The molecule has 3 rings (SSSR count). The number of piperidine rings is 1. The van der Waals surface area contributed by atoms with E-state index in [-0.39, 0.29) is 11.9 Å². The smallest absolute Gasteiger partial charge is 0.240 e. The number of carbonyl (C=O) groups excluding carboxylic acids is 1. The maximum atomic E-state index is 12.6. The zero-order chi connectivity index (χ0) is 14.1. The number of amides is 1. The Morgan fingerprint density at radius 2 is 2.30 bits per heavy atom. The highest BCUT2D eigenvalue weighted by Crippen LogP contribution is 2.27. The summed E-state index contributed by atoms with van der Waals surface area (Å²) in [6, 6.07) is 0.00764. The van der Waals surface area contributed by atoms with Gasteiger partial charge in [-0.15, -0.1) is 10.2 Å². The van der Waals surface area contributed by atoms with Crippen molar-refractivity contribution < 1.29 is 4.79 Å². The number of likely N-dealkylation sites (tertiary alicyclic amines) is 1. The normalized spacial score (nSPS) is 30.7. The topological polar surface area (TPSA) is 63.1 Å². The first kappa shape index (κ1) is 13.5. The van der Waals surface area contributed by atoms with Crippen molar-refractivity contribution >= 4 is 5.91 Å². The molecule has 0 aliphatic carbocycles. The standard InChI is InChI=1S/C14H23N5O/c1-10-5-6-15-12(10)14(20)19-7-3-4-11(8-19)13-17-16-9-18(13)2/h9-12,15H,3-8H2,1-2H3. The molecule has 6 nitrogen and oxygen atoms in total. The molecule has 6 heteroatoms. The Balaban J connectivity index is 1.69. The van der Waals surface area contributed by atoms with Gasteiger partial charge in [0.05, 0.1) is 6.04 Å². The highest BCUT2D eigenvalue weighted by molar-refractivity contribution is 5.82. The number of hydrogen-bond acceptors (Lipinski definition) is 4. The van der Waals surface area contributed by atoms with Crippen LogP contribution in [0.4, 0.5) is 0 Å². The van der Waals surface area contributed by atoms with E-state index in [1.165, 1.54) is 0 Å². The van der Waals surface area contributed by atoms with Crippen molar-refractivity contribution in [3.63, 3.8) is 0 Å². The molecule has 20 heavy (non-hydrogen) atoms. The van der Waals surface area contributed by atoms with Crippen LogP contribution < -0.4 is 5.32 Å². The fourth-order valence-corrected chi connectivity index (χ4v) is 3.41. The Bertz CT molecular complexity index is 486. The second-order valence-electron chi connectivity index (χ2n) is 6.12. The molecule has 2 aliphatic heterocycles. The van der Waals surface area contributed by atoms with Crippen molar-refractivity contribution in [3.8, 4) is 0 Å². The van der Waals surface area contributed by atoms with E-state index in [4.69, 9.17) is 0 Å². The quantitative estimate of drug-likeness (QED) is 0.856. The Labute approximate surface area is 119 Å². The van der Waals surface area contributed by atoms with Gasteiger partial charge in [0.2, 0.25) is 5.91 Å². The lowest BCUT2D eigenvalue weighted by Crippen LogP contribution is -2.49. The molecule has 2 fully saturated rings. The first-order valence-electron chi connectivity index (χ1n) is 7.53. The second kappa shape index (κ2) is 5.52. The summed E-state index contributed by atoms with van der Waals surface area (Å²) >= 11 is 0. The number of hydrogen-bond donors (Lipinski definition) is 1. The molecular formula is C14H23N5O. The van der Waals surface area contributed by atoms with Crippen molar-refractivity contribution in [3.05, 3.63) is 12.2 Å². The van der Waals surface area contributed by atoms with Crippen molar-refractivity contribution in [2.45, 2.75) is 38.1 Å². The Morgan fingerprint density at radius 1 is 1.45 bits per heavy atom. The number of nitrogens with one attached hydrogen (secondary N) is 1. The van der Waals surface area contributed by atoms with Gasteiger partial charge in [-0.2, -0.15) is 0 Å². The van der Waals surface area contributed by atoms with Gasteiger partial charge in [-0.05, 0) is 31.7 Å². The lowest BCUT2D eigenvalue weighted by atomic mass is 9.95. The van der Waals surface area contributed by atoms with Gasteiger partial charge in [0, 0.05) is 26.1 Å². The molecule has 3 unspecified atom stereocenters. The van der Waals surface area contributed by atoms with Crippen LogP contribution >= 0.6 is 0 Å². The minimum absolute atomic E-state index is 0.00764. The minimum atomic E-state index is 0.00764. The van der Waals surface area contributed by atoms with Crippen molar-refractivity contribution in [1.29, 1.82) is 0 Å². The van der Waals surface area contributed by atoms with Gasteiger partial charge in [-0.3, -0.25) is 4.79 Å². The fourth-order valence-electron chi connectivity index (χ4n) is 3.41. The van der Waals surface area contributed by atoms with Gasteiger partial charge in [0.15, 0.2) is 0 Å². The van der Waals surface area contributed by atoms with Crippen LogP contribution in [0.5, 0.6) is 0 Å². The molecule has 0 aromatic carbocycles. The molecule has 0 spiro atoms. The molecular weight excluding hydrogens is 254 g/mol. The number of rotatable bonds is 2. The van der Waals surface area contributed by atoms with Gasteiger partial charge < -0.3 is 14.8 Å². The average Bonchev–Trinajstić information content (AvgIpc) is 3.07. The summed E-state index contributed by atoms with van der Waals surface area (Å²) < 4.78 is 1.97. The highest BCUT2D eigenvalue weighted by atomic mass is 16.2. The molecule has 0 bridgehead atoms.